The van der Waals surface area contributed by atoms with Crippen molar-refractivity contribution in [1.82, 2.24) is 19.3 Å². The van der Waals surface area contributed by atoms with Gasteiger partial charge in [-0.15, -0.1) is 0 Å². The summed E-state index contributed by atoms with van der Waals surface area (Å²) in [5.41, 5.74) is 2.60. The molecule has 0 aliphatic heterocycles. The normalized spacial score (nSPS) is 10.9. The predicted molar refractivity (Wildman–Crippen MR) is 108 cm³/mol. The Morgan fingerprint density at radius 2 is 1.82 bits per heavy atom. The molecule has 2 aromatic carbocycles. The number of anilines is 1. The Labute approximate surface area is 165 Å². The quantitative estimate of drug-likeness (QED) is 0.577. The summed E-state index contributed by atoms with van der Waals surface area (Å²) < 4.78 is 2.82. The van der Waals surface area contributed by atoms with Gasteiger partial charge in [0, 0.05) is 10.7 Å². The Bertz CT molecular complexity index is 1210. The maximum Gasteiger partial charge on any atom is 0.264 e. The van der Waals surface area contributed by atoms with Gasteiger partial charge in [-0.3, -0.25) is 14.2 Å². The lowest BCUT2D eigenvalue weighted by Gasteiger charge is -2.08. The van der Waals surface area contributed by atoms with E-state index < -0.39 is 0 Å². The van der Waals surface area contributed by atoms with Crippen LogP contribution in [0.25, 0.3) is 16.7 Å². The van der Waals surface area contributed by atoms with Crippen LogP contribution < -0.4 is 10.9 Å². The van der Waals surface area contributed by atoms with Crippen molar-refractivity contribution < 1.29 is 4.79 Å². The number of carbonyl (C=O) groups is 1. The Morgan fingerprint density at radius 3 is 2.54 bits per heavy atom. The van der Waals surface area contributed by atoms with Gasteiger partial charge in [-0.1, -0.05) is 29.3 Å². The van der Waals surface area contributed by atoms with E-state index in [1.54, 1.807) is 28.9 Å². The van der Waals surface area contributed by atoms with Crippen LogP contribution in [0, 0.1) is 6.92 Å². The first-order chi connectivity index (χ1) is 13.5. The van der Waals surface area contributed by atoms with Crippen molar-refractivity contribution in [3.63, 3.8) is 0 Å². The average molecular weight is 394 g/mol. The first-order valence-electron chi connectivity index (χ1n) is 8.57. The van der Waals surface area contributed by atoms with Crippen LogP contribution in [0.2, 0.25) is 5.02 Å². The van der Waals surface area contributed by atoms with Gasteiger partial charge in [-0.2, -0.15) is 5.10 Å². The third-order valence-corrected chi connectivity index (χ3v) is 4.53. The summed E-state index contributed by atoms with van der Waals surface area (Å²) in [5.74, 6) is -0.308. The summed E-state index contributed by atoms with van der Waals surface area (Å²) in [5, 5.41) is 7.96. The molecule has 0 unspecified atom stereocenters. The summed E-state index contributed by atoms with van der Waals surface area (Å²) in [4.78, 5) is 29.3. The molecule has 28 heavy (non-hydrogen) atoms. The number of hydrogen-bond acceptors (Lipinski definition) is 4. The monoisotopic (exact) mass is 393 g/mol. The molecule has 0 spiro atoms. The van der Waals surface area contributed by atoms with E-state index in [1.807, 2.05) is 31.2 Å². The zero-order chi connectivity index (χ0) is 19.7. The van der Waals surface area contributed by atoms with Gasteiger partial charge in [0.1, 0.15) is 18.3 Å². The van der Waals surface area contributed by atoms with Crippen molar-refractivity contribution in [3.05, 3.63) is 82.0 Å². The minimum atomic E-state index is -0.329. The van der Waals surface area contributed by atoms with Crippen molar-refractivity contribution in [2.75, 3.05) is 5.32 Å². The zero-order valence-electron chi connectivity index (χ0n) is 15.0. The van der Waals surface area contributed by atoms with Gasteiger partial charge >= 0.3 is 0 Å². The Morgan fingerprint density at radius 1 is 1.11 bits per heavy atom. The SMILES string of the molecule is Cc1ccc(NC(=O)Cn2cnc3c(cnn3-c3ccc(Cl)cc3)c2=O)cc1. The van der Waals surface area contributed by atoms with Crippen molar-refractivity contribution in [2.24, 2.45) is 0 Å². The summed E-state index contributed by atoms with van der Waals surface area (Å²) >= 11 is 5.91. The Balaban J connectivity index is 1.60. The fourth-order valence-corrected chi connectivity index (χ4v) is 2.95. The number of aryl methyl sites for hydroxylation is 1. The maximum atomic E-state index is 12.7. The van der Waals surface area contributed by atoms with Crippen LogP contribution in [0.3, 0.4) is 0 Å². The van der Waals surface area contributed by atoms with E-state index in [0.29, 0.717) is 21.7 Å². The third-order valence-electron chi connectivity index (χ3n) is 4.27. The molecule has 1 amide bonds. The first-order valence-corrected chi connectivity index (χ1v) is 8.95. The molecule has 0 saturated carbocycles. The molecule has 0 bridgehead atoms. The largest absolute Gasteiger partial charge is 0.325 e. The molecule has 2 heterocycles. The third kappa shape index (κ3) is 3.52. The highest BCUT2D eigenvalue weighted by molar-refractivity contribution is 6.30. The van der Waals surface area contributed by atoms with Crippen molar-refractivity contribution >= 4 is 34.2 Å². The average Bonchev–Trinajstić information content (AvgIpc) is 3.11. The van der Waals surface area contributed by atoms with Crippen LogP contribution in [0.15, 0.2) is 65.8 Å². The van der Waals surface area contributed by atoms with Crippen LogP contribution in [-0.4, -0.2) is 25.2 Å². The van der Waals surface area contributed by atoms with Gasteiger partial charge in [0.05, 0.1) is 11.9 Å². The number of halogens is 1. The van der Waals surface area contributed by atoms with Gasteiger partial charge in [-0.25, -0.2) is 9.67 Å². The molecule has 0 atom stereocenters. The molecular formula is C20H16ClN5O2. The molecule has 0 fully saturated rings. The van der Waals surface area contributed by atoms with Crippen molar-refractivity contribution in [2.45, 2.75) is 13.5 Å². The molecule has 4 aromatic rings. The number of nitrogens with zero attached hydrogens (tertiary/aromatic N) is 4. The number of rotatable bonds is 4. The Hall–Kier alpha value is -3.45. The van der Waals surface area contributed by atoms with E-state index in [4.69, 9.17) is 11.6 Å². The number of nitrogens with one attached hydrogen (secondary N) is 1. The fourth-order valence-electron chi connectivity index (χ4n) is 2.82. The molecule has 7 nitrogen and oxygen atoms in total. The van der Waals surface area contributed by atoms with E-state index in [-0.39, 0.29) is 18.0 Å². The summed E-state index contributed by atoms with van der Waals surface area (Å²) in [7, 11) is 0. The summed E-state index contributed by atoms with van der Waals surface area (Å²) in [6.45, 7) is 1.83. The number of amides is 1. The minimum absolute atomic E-state index is 0.137. The zero-order valence-corrected chi connectivity index (χ0v) is 15.7. The highest BCUT2D eigenvalue weighted by Gasteiger charge is 2.13. The highest BCUT2D eigenvalue weighted by Crippen LogP contribution is 2.16. The molecule has 4 rings (SSSR count). The highest BCUT2D eigenvalue weighted by atomic mass is 35.5. The van der Waals surface area contributed by atoms with Crippen LogP contribution in [0.1, 0.15) is 5.56 Å². The summed E-state index contributed by atoms with van der Waals surface area (Å²) in [6.07, 6.45) is 2.81. The van der Waals surface area contributed by atoms with E-state index in [9.17, 15) is 9.59 Å². The predicted octanol–water partition coefficient (Wildman–Crippen LogP) is 3.18. The molecule has 1 N–H and O–H groups in total. The molecule has 0 aliphatic rings. The van der Waals surface area contributed by atoms with Gasteiger partial charge in [0.2, 0.25) is 5.91 Å². The van der Waals surface area contributed by atoms with E-state index in [0.717, 1.165) is 11.3 Å². The van der Waals surface area contributed by atoms with Gasteiger partial charge in [0.15, 0.2) is 5.65 Å². The molecule has 0 saturated heterocycles. The smallest absolute Gasteiger partial charge is 0.264 e. The second-order valence-corrected chi connectivity index (χ2v) is 6.80. The maximum absolute atomic E-state index is 12.7. The lowest BCUT2D eigenvalue weighted by molar-refractivity contribution is -0.116. The standard InChI is InChI=1S/C20H16ClN5O2/c1-13-2-6-15(7-3-13)24-18(27)11-25-12-22-19-17(20(25)28)10-23-26(19)16-8-4-14(21)5-9-16/h2-10,12H,11H2,1H3,(H,24,27). The summed E-state index contributed by atoms with van der Waals surface area (Å²) in [6, 6.07) is 14.5. The van der Waals surface area contributed by atoms with E-state index in [1.165, 1.54) is 17.1 Å². The van der Waals surface area contributed by atoms with Crippen LogP contribution >= 0.6 is 11.6 Å². The molecular weight excluding hydrogens is 378 g/mol. The van der Waals surface area contributed by atoms with E-state index >= 15 is 0 Å². The lowest BCUT2D eigenvalue weighted by Crippen LogP contribution is -2.27. The minimum Gasteiger partial charge on any atom is -0.325 e. The fraction of sp³-hybridized carbons (Fsp3) is 0.100. The lowest BCUT2D eigenvalue weighted by atomic mass is 10.2. The molecule has 0 aliphatic carbocycles. The molecule has 140 valence electrons. The molecule has 2 aromatic heterocycles. The second-order valence-electron chi connectivity index (χ2n) is 6.36. The number of carbonyl (C=O) groups excluding carboxylic acids is 1. The number of hydrogen-bond donors (Lipinski definition) is 1. The number of fused-ring (bicyclic) bond motifs is 1. The number of aromatic nitrogens is 4. The molecule has 8 heteroatoms. The van der Waals surface area contributed by atoms with Gasteiger partial charge in [-0.05, 0) is 43.3 Å². The van der Waals surface area contributed by atoms with Crippen LogP contribution in [0.4, 0.5) is 5.69 Å². The Kier molecular flexibility index (Phi) is 4.67. The van der Waals surface area contributed by atoms with Crippen LogP contribution in [0.5, 0.6) is 0 Å². The first kappa shape index (κ1) is 17.9. The second kappa shape index (κ2) is 7.28. The van der Waals surface area contributed by atoms with Crippen molar-refractivity contribution in [1.29, 1.82) is 0 Å². The van der Waals surface area contributed by atoms with Gasteiger partial charge < -0.3 is 5.32 Å². The molecule has 0 radical (unpaired) electrons. The van der Waals surface area contributed by atoms with Crippen molar-refractivity contribution in [3.8, 4) is 5.69 Å². The van der Waals surface area contributed by atoms with E-state index in [2.05, 4.69) is 15.4 Å². The number of benzene rings is 2. The van der Waals surface area contributed by atoms with Crippen LogP contribution in [-0.2, 0) is 11.3 Å². The topological polar surface area (TPSA) is 81.8 Å². The van der Waals surface area contributed by atoms with Gasteiger partial charge in [0.25, 0.3) is 5.56 Å².